The lowest BCUT2D eigenvalue weighted by atomic mass is 10.1. The molecule has 1 aromatic carbocycles. The van der Waals surface area contributed by atoms with Crippen LogP contribution in [0.25, 0.3) is 10.9 Å². The van der Waals surface area contributed by atoms with Crippen molar-refractivity contribution >= 4 is 34.5 Å². The van der Waals surface area contributed by atoms with Gasteiger partial charge in [-0.15, -0.1) is 0 Å². The van der Waals surface area contributed by atoms with Crippen LogP contribution in [0.1, 0.15) is 18.5 Å². The monoisotopic (exact) mass is 517 g/mol. The number of fused-ring (bicyclic) bond motifs is 1. The third-order valence-electron chi connectivity index (χ3n) is 5.18. The molecule has 2 heterocycles. The highest BCUT2D eigenvalue weighted by Crippen LogP contribution is 2.26. The molecule has 0 fully saturated rings. The van der Waals surface area contributed by atoms with Crippen LogP contribution in [-0.4, -0.2) is 51.6 Å². The lowest BCUT2D eigenvalue weighted by Gasteiger charge is -2.16. The molecule has 3 amide bonds. The van der Waals surface area contributed by atoms with Gasteiger partial charge in [-0.2, -0.15) is 0 Å². The Morgan fingerprint density at radius 2 is 2.00 bits per heavy atom. The van der Waals surface area contributed by atoms with E-state index in [0.29, 0.717) is 16.6 Å². The van der Waals surface area contributed by atoms with Crippen molar-refractivity contribution in [3.63, 3.8) is 0 Å². The normalized spacial score (nSPS) is 12.1. The van der Waals surface area contributed by atoms with E-state index >= 15 is 0 Å². The van der Waals surface area contributed by atoms with Gasteiger partial charge in [0.05, 0.1) is 12.1 Å². The second-order valence-electron chi connectivity index (χ2n) is 7.95. The quantitative estimate of drug-likeness (QED) is 0.231. The van der Waals surface area contributed by atoms with E-state index in [1.807, 2.05) is 0 Å². The van der Waals surface area contributed by atoms with E-state index in [4.69, 9.17) is 15.6 Å². The van der Waals surface area contributed by atoms with E-state index in [9.17, 15) is 28.0 Å². The molecule has 0 aliphatic rings. The predicted molar refractivity (Wildman–Crippen MR) is 131 cm³/mol. The van der Waals surface area contributed by atoms with Gasteiger partial charge in [0, 0.05) is 17.3 Å². The number of aromatic nitrogens is 2. The van der Waals surface area contributed by atoms with Crippen LogP contribution < -0.4 is 26.7 Å². The average Bonchev–Trinajstić information content (AvgIpc) is 3.24. The predicted octanol–water partition coefficient (Wildman–Crippen LogP) is 2.42. The lowest BCUT2D eigenvalue weighted by Crippen LogP contribution is -2.44. The molecule has 3 aromatic rings. The zero-order valence-corrected chi connectivity index (χ0v) is 19.4. The number of carbonyl (C=O) groups excluding carboxylic acids is 2. The Morgan fingerprint density at radius 3 is 2.70 bits per heavy atom. The van der Waals surface area contributed by atoms with E-state index in [-0.39, 0.29) is 30.8 Å². The number of allylic oxidation sites excluding steroid dienone is 1. The number of halogens is 2. The molecule has 37 heavy (non-hydrogen) atoms. The number of hydrogen-bond acceptors (Lipinski definition) is 5. The van der Waals surface area contributed by atoms with Crippen LogP contribution in [0, 0.1) is 0 Å². The summed E-state index contributed by atoms with van der Waals surface area (Å²) in [4.78, 5) is 50.6. The number of benzene rings is 1. The topological polar surface area (TPSA) is 169 Å². The largest absolute Gasteiger partial charge is 0.485 e. The number of primary amides is 1. The van der Waals surface area contributed by atoms with E-state index in [1.54, 1.807) is 24.3 Å². The molecule has 1 unspecified atom stereocenters. The number of carbonyl (C=O) groups is 3. The molecule has 196 valence electrons. The molecule has 3 rings (SSSR count). The summed E-state index contributed by atoms with van der Waals surface area (Å²) in [6.45, 7) is -0.686. The van der Waals surface area contributed by atoms with Crippen LogP contribution in [0.3, 0.4) is 0 Å². The number of nitrogens with one attached hydrogen (secondary N) is 3. The number of ether oxygens (including phenoxy) is 1. The highest BCUT2D eigenvalue weighted by atomic mass is 19.3. The Kier molecular flexibility index (Phi) is 8.97. The van der Waals surface area contributed by atoms with Gasteiger partial charge in [0.15, 0.2) is 0 Å². The van der Waals surface area contributed by atoms with Gasteiger partial charge in [0.2, 0.25) is 11.8 Å². The maximum Gasteiger partial charge on any atom is 0.405 e. The summed E-state index contributed by atoms with van der Waals surface area (Å²) in [7, 11) is 0. The summed E-state index contributed by atoms with van der Waals surface area (Å²) in [5, 5.41) is 14.3. The van der Waals surface area contributed by atoms with E-state index < -0.39 is 42.5 Å². The molecular weight excluding hydrogens is 492 g/mol. The van der Waals surface area contributed by atoms with Gasteiger partial charge in [-0.25, -0.2) is 13.6 Å². The second-order valence-corrected chi connectivity index (χ2v) is 7.95. The molecule has 0 bridgehead atoms. The van der Waals surface area contributed by atoms with Crippen molar-refractivity contribution in [1.29, 1.82) is 0 Å². The number of nitrogens with two attached hydrogens (primary N) is 1. The van der Waals surface area contributed by atoms with Crippen molar-refractivity contribution in [2.24, 2.45) is 5.73 Å². The molecule has 13 heteroatoms. The van der Waals surface area contributed by atoms with Crippen LogP contribution in [0.15, 0.2) is 59.5 Å². The number of aromatic amines is 1. The maximum absolute atomic E-state index is 13.0. The van der Waals surface area contributed by atoms with Gasteiger partial charge in [-0.3, -0.25) is 14.4 Å². The summed E-state index contributed by atoms with van der Waals surface area (Å²) in [5.41, 5.74) is 5.47. The number of nitrogens with zero attached hydrogens (tertiary/aromatic N) is 1. The van der Waals surface area contributed by atoms with Crippen molar-refractivity contribution in [1.82, 2.24) is 14.9 Å². The molecule has 0 radical (unpaired) electrons. The molecule has 11 nitrogen and oxygen atoms in total. The highest BCUT2D eigenvalue weighted by Gasteiger charge is 2.21. The Bertz CT molecular complexity index is 1370. The van der Waals surface area contributed by atoms with Crippen molar-refractivity contribution < 1.29 is 33.0 Å². The second kappa shape index (κ2) is 12.3. The van der Waals surface area contributed by atoms with Crippen molar-refractivity contribution in [3.05, 3.63) is 70.8 Å². The zero-order chi connectivity index (χ0) is 26.9. The number of anilines is 1. The summed E-state index contributed by atoms with van der Waals surface area (Å²) in [6.07, 6.45) is 0.158. The molecule has 0 aliphatic carbocycles. The average molecular weight is 517 g/mol. The zero-order valence-electron chi connectivity index (χ0n) is 19.4. The number of carboxylic acid groups (broad SMARTS) is 1. The SMILES string of the molecule is NC(=O)/C=C/CCC(NC(=O)O)C(=O)Nc1cccn(Cc2cc3cccc(OCC(F)F)c3[nH]2)c1=O. The number of rotatable bonds is 12. The minimum absolute atomic E-state index is 0.0218. The Morgan fingerprint density at radius 1 is 1.22 bits per heavy atom. The van der Waals surface area contributed by atoms with Crippen LogP contribution >= 0.6 is 0 Å². The minimum atomic E-state index is -2.63. The van der Waals surface area contributed by atoms with Crippen molar-refractivity contribution in [3.8, 4) is 5.75 Å². The molecule has 1 atom stereocenters. The fourth-order valence-electron chi connectivity index (χ4n) is 3.58. The van der Waals surface area contributed by atoms with Crippen LogP contribution in [0.2, 0.25) is 0 Å². The molecular formula is C24H25F2N5O6. The van der Waals surface area contributed by atoms with Crippen molar-refractivity contribution in [2.45, 2.75) is 31.9 Å². The van der Waals surface area contributed by atoms with Gasteiger partial charge in [-0.05, 0) is 43.2 Å². The van der Waals surface area contributed by atoms with Crippen molar-refractivity contribution in [2.75, 3.05) is 11.9 Å². The molecule has 0 saturated heterocycles. The van der Waals surface area contributed by atoms with E-state index in [2.05, 4.69) is 15.6 Å². The third-order valence-corrected chi connectivity index (χ3v) is 5.18. The number of hydrogen-bond donors (Lipinski definition) is 5. The summed E-state index contributed by atoms with van der Waals surface area (Å²) in [5.74, 6) is -1.18. The van der Waals surface area contributed by atoms with Gasteiger partial charge < -0.3 is 35.8 Å². The fraction of sp³-hybridized carbons (Fsp3) is 0.250. The first-order valence-electron chi connectivity index (χ1n) is 11.1. The van der Waals surface area contributed by atoms with Gasteiger partial charge in [0.25, 0.3) is 12.0 Å². The first-order chi connectivity index (χ1) is 17.6. The molecule has 2 aromatic heterocycles. The number of alkyl halides is 2. The van der Waals surface area contributed by atoms with E-state index in [1.165, 1.54) is 29.0 Å². The first kappa shape index (κ1) is 26.9. The minimum Gasteiger partial charge on any atom is -0.485 e. The highest BCUT2D eigenvalue weighted by molar-refractivity contribution is 5.96. The summed E-state index contributed by atoms with van der Waals surface area (Å²) in [6, 6.07) is 8.44. The van der Waals surface area contributed by atoms with Crippen LogP contribution in [0.5, 0.6) is 5.75 Å². The molecule has 0 aliphatic heterocycles. The standard InChI is InChI=1S/C24H25F2N5O6/c25-19(26)13-37-18-8-3-5-14-11-15(28-21(14)18)12-31-10-4-7-17(23(31)34)29-22(33)16(30-24(35)36)6-1-2-9-20(27)32/h2-5,7-11,16,19,28,30H,1,6,12-13H2,(H2,27,32)(H,29,33)(H,35,36)/b9-2+. The summed E-state index contributed by atoms with van der Waals surface area (Å²) >= 11 is 0. The Hall–Kier alpha value is -4.68. The summed E-state index contributed by atoms with van der Waals surface area (Å²) < 4.78 is 31.6. The van der Waals surface area contributed by atoms with Gasteiger partial charge in [0.1, 0.15) is 24.1 Å². The maximum atomic E-state index is 13.0. The number of pyridine rings is 1. The first-order valence-corrected chi connectivity index (χ1v) is 11.1. The molecule has 0 saturated carbocycles. The number of para-hydroxylation sites is 1. The smallest absolute Gasteiger partial charge is 0.405 e. The fourth-order valence-corrected chi connectivity index (χ4v) is 3.58. The van der Waals surface area contributed by atoms with Crippen LogP contribution in [-0.2, 0) is 16.1 Å². The lowest BCUT2D eigenvalue weighted by molar-refractivity contribution is -0.118. The van der Waals surface area contributed by atoms with E-state index in [0.717, 1.165) is 6.08 Å². The van der Waals surface area contributed by atoms with Crippen LogP contribution in [0.4, 0.5) is 19.3 Å². The third kappa shape index (κ3) is 7.65. The Balaban J connectivity index is 1.76. The van der Waals surface area contributed by atoms with Gasteiger partial charge in [-0.1, -0.05) is 18.2 Å². The molecule has 0 spiro atoms. The number of amides is 3. The number of H-pyrrole nitrogens is 1. The Labute approximate surface area is 208 Å². The molecule has 6 N–H and O–H groups in total. The van der Waals surface area contributed by atoms with Gasteiger partial charge >= 0.3 is 6.09 Å².